The van der Waals surface area contributed by atoms with Gasteiger partial charge in [0.05, 0.1) is 38.5 Å². The van der Waals surface area contributed by atoms with Crippen LogP contribution < -0.4 is 24.8 Å². The Hall–Kier alpha value is -2.81. The van der Waals surface area contributed by atoms with Gasteiger partial charge in [-0.2, -0.15) is 13.2 Å². The van der Waals surface area contributed by atoms with E-state index in [1.807, 2.05) is 0 Å². The van der Waals surface area contributed by atoms with Crippen molar-refractivity contribution >= 4 is 28.9 Å². The molecule has 2 aromatic rings. The number of amides is 1. The summed E-state index contributed by atoms with van der Waals surface area (Å²) < 4.78 is 54.3. The number of carbonyl (C=O) groups excluding carboxylic acids is 1. The first-order chi connectivity index (χ1) is 13.2. The van der Waals surface area contributed by atoms with Crippen LogP contribution in [-0.4, -0.2) is 33.8 Å². The number of anilines is 2. The maximum absolute atomic E-state index is 12.9. The maximum Gasteiger partial charge on any atom is 0.417 e. The number of methoxy groups -OCH3 is 3. The molecule has 0 aliphatic rings. The lowest BCUT2D eigenvalue weighted by Crippen LogP contribution is -2.22. The van der Waals surface area contributed by atoms with Crippen LogP contribution in [0.25, 0.3) is 0 Å². The molecule has 2 N–H and O–H groups in total. The smallest absolute Gasteiger partial charge is 0.417 e. The zero-order chi connectivity index (χ0) is 20.9. The summed E-state index contributed by atoms with van der Waals surface area (Å²) in [5.41, 5.74) is -0.505. The van der Waals surface area contributed by atoms with Crippen molar-refractivity contribution in [1.82, 2.24) is 0 Å². The topological polar surface area (TPSA) is 68.8 Å². The summed E-state index contributed by atoms with van der Waals surface area (Å²) in [5.74, 6) is 0.565. The van der Waals surface area contributed by atoms with Crippen molar-refractivity contribution < 1.29 is 32.2 Å². The number of nitrogens with one attached hydrogen (secondary N) is 2. The summed E-state index contributed by atoms with van der Waals surface area (Å²) in [5, 5.41) is 4.81. The first-order valence-electron chi connectivity index (χ1n) is 7.90. The molecule has 6 nitrogen and oxygen atoms in total. The van der Waals surface area contributed by atoms with Crippen LogP contribution in [0.1, 0.15) is 5.56 Å². The van der Waals surface area contributed by atoms with Crippen LogP contribution in [0.2, 0.25) is 5.02 Å². The van der Waals surface area contributed by atoms with Crippen molar-refractivity contribution in [1.29, 1.82) is 0 Å². The molecule has 0 heterocycles. The molecule has 0 fully saturated rings. The van der Waals surface area contributed by atoms with Gasteiger partial charge in [0.1, 0.15) is 0 Å². The molecule has 152 valence electrons. The van der Waals surface area contributed by atoms with E-state index in [0.29, 0.717) is 22.9 Å². The molecule has 0 radical (unpaired) electrons. The van der Waals surface area contributed by atoms with Gasteiger partial charge in [0, 0.05) is 23.5 Å². The Morgan fingerprint density at radius 1 is 1.00 bits per heavy atom. The van der Waals surface area contributed by atoms with E-state index in [1.54, 1.807) is 0 Å². The number of carbonyl (C=O) groups is 1. The van der Waals surface area contributed by atoms with Crippen molar-refractivity contribution in [3.63, 3.8) is 0 Å². The Kier molecular flexibility index (Phi) is 6.85. The maximum atomic E-state index is 12.9. The van der Waals surface area contributed by atoms with Crippen LogP contribution in [0.3, 0.4) is 0 Å². The van der Waals surface area contributed by atoms with E-state index in [4.69, 9.17) is 25.8 Å². The van der Waals surface area contributed by atoms with Crippen molar-refractivity contribution in [2.45, 2.75) is 6.18 Å². The van der Waals surface area contributed by atoms with E-state index in [2.05, 4.69) is 10.6 Å². The molecule has 0 saturated carbocycles. The zero-order valence-electron chi connectivity index (χ0n) is 15.2. The normalized spacial score (nSPS) is 11.0. The molecule has 0 saturated heterocycles. The predicted octanol–water partition coefficient (Wildman–Crippen LogP) is 4.44. The lowest BCUT2D eigenvalue weighted by atomic mass is 10.2. The highest BCUT2D eigenvalue weighted by Gasteiger charge is 2.33. The first kappa shape index (κ1) is 21.5. The van der Waals surface area contributed by atoms with Gasteiger partial charge in [0.25, 0.3) is 0 Å². The van der Waals surface area contributed by atoms with Crippen LogP contribution in [0.15, 0.2) is 30.3 Å². The average molecular weight is 419 g/mol. The highest BCUT2D eigenvalue weighted by atomic mass is 35.5. The molecular weight excluding hydrogens is 401 g/mol. The third kappa shape index (κ3) is 5.13. The van der Waals surface area contributed by atoms with E-state index in [-0.39, 0.29) is 12.2 Å². The Morgan fingerprint density at radius 3 is 2.11 bits per heavy atom. The molecule has 28 heavy (non-hydrogen) atoms. The van der Waals surface area contributed by atoms with Crippen LogP contribution in [-0.2, 0) is 11.0 Å². The molecule has 0 spiro atoms. The van der Waals surface area contributed by atoms with E-state index in [1.165, 1.54) is 39.5 Å². The van der Waals surface area contributed by atoms with Gasteiger partial charge >= 0.3 is 6.18 Å². The summed E-state index contributed by atoms with van der Waals surface area (Å²) in [6.07, 6.45) is -4.59. The highest BCUT2D eigenvalue weighted by Crippen LogP contribution is 2.40. The van der Waals surface area contributed by atoms with Gasteiger partial charge in [-0.25, -0.2) is 0 Å². The second kappa shape index (κ2) is 8.92. The molecule has 0 aliphatic heterocycles. The highest BCUT2D eigenvalue weighted by molar-refractivity contribution is 6.31. The van der Waals surface area contributed by atoms with E-state index in [9.17, 15) is 18.0 Å². The lowest BCUT2D eigenvalue weighted by molar-refractivity contribution is -0.137. The lowest BCUT2D eigenvalue weighted by Gasteiger charge is -2.15. The number of hydrogen-bond acceptors (Lipinski definition) is 5. The quantitative estimate of drug-likeness (QED) is 0.696. The van der Waals surface area contributed by atoms with Gasteiger partial charge in [-0.1, -0.05) is 11.6 Å². The van der Waals surface area contributed by atoms with Crippen LogP contribution in [0.4, 0.5) is 24.5 Å². The molecule has 1 amide bonds. The van der Waals surface area contributed by atoms with Gasteiger partial charge in [-0.15, -0.1) is 0 Å². The van der Waals surface area contributed by atoms with Crippen molar-refractivity contribution in [2.24, 2.45) is 0 Å². The van der Waals surface area contributed by atoms with Crippen LogP contribution in [0.5, 0.6) is 17.2 Å². The van der Waals surface area contributed by atoms with E-state index >= 15 is 0 Å². The largest absolute Gasteiger partial charge is 0.493 e. The van der Waals surface area contributed by atoms with Crippen molar-refractivity contribution in [3.8, 4) is 17.2 Å². The van der Waals surface area contributed by atoms with Crippen molar-refractivity contribution in [3.05, 3.63) is 40.9 Å². The molecular formula is C18H18ClF3N2O4. The predicted molar refractivity (Wildman–Crippen MR) is 99.7 cm³/mol. The van der Waals surface area contributed by atoms with Gasteiger partial charge in [-0.05, 0) is 18.2 Å². The Balaban J connectivity index is 2.09. The number of hydrogen-bond donors (Lipinski definition) is 2. The summed E-state index contributed by atoms with van der Waals surface area (Å²) >= 11 is 5.57. The van der Waals surface area contributed by atoms with Gasteiger partial charge < -0.3 is 24.8 Å². The third-order valence-electron chi connectivity index (χ3n) is 3.67. The molecule has 2 rings (SSSR count). The Bertz CT molecular complexity index is 834. The fraction of sp³-hybridized carbons (Fsp3) is 0.278. The van der Waals surface area contributed by atoms with E-state index < -0.39 is 22.7 Å². The number of alkyl halides is 3. The summed E-state index contributed by atoms with van der Waals surface area (Å²) in [4.78, 5) is 12.2. The third-order valence-corrected chi connectivity index (χ3v) is 4.00. The first-order valence-corrected chi connectivity index (χ1v) is 8.27. The molecule has 0 unspecified atom stereocenters. The van der Waals surface area contributed by atoms with Gasteiger partial charge in [0.2, 0.25) is 11.7 Å². The minimum Gasteiger partial charge on any atom is -0.493 e. The average Bonchev–Trinajstić information content (AvgIpc) is 2.65. The Labute approximate surface area is 164 Å². The fourth-order valence-electron chi connectivity index (χ4n) is 2.39. The molecule has 0 bridgehead atoms. The number of halogens is 4. The fourth-order valence-corrected chi connectivity index (χ4v) is 2.62. The van der Waals surface area contributed by atoms with Crippen LogP contribution >= 0.6 is 11.6 Å². The summed E-state index contributed by atoms with van der Waals surface area (Å²) in [7, 11) is 4.32. The SMILES string of the molecule is COc1cc(NC(=O)CNc2ccc(Cl)c(C(F)(F)F)c2)cc(OC)c1OC. The van der Waals surface area contributed by atoms with Crippen molar-refractivity contribution in [2.75, 3.05) is 38.5 Å². The van der Waals surface area contributed by atoms with Crippen LogP contribution in [0, 0.1) is 0 Å². The minimum atomic E-state index is -4.59. The number of rotatable bonds is 7. The Morgan fingerprint density at radius 2 is 1.61 bits per heavy atom. The second-order valence-electron chi connectivity index (χ2n) is 5.51. The molecule has 2 aromatic carbocycles. The summed E-state index contributed by atoms with van der Waals surface area (Å²) in [6, 6.07) is 6.37. The van der Waals surface area contributed by atoms with E-state index in [0.717, 1.165) is 12.1 Å². The molecule has 0 atom stereocenters. The molecule has 10 heteroatoms. The second-order valence-corrected chi connectivity index (χ2v) is 5.92. The van der Waals surface area contributed by atoms with Gasteiger partial charge in [-0.3, -0.25) is 4.79 Å². The molecule has 0 aliphatic carbocycles. The molecule has 0 aromatic heterocycles. The number of benzene rings is 2. The zero-order valence-corrected chi connectivity index (χ0v) is 16.0. The monoisotopic (exact) mass is 418 g/mol. The minimum absolute atomic E-state index is 0.108. The number of ether oxygens (including phenoxy) is 3. The van der Waals surface area contributed by atoms with Gasteiger partial charge in [0.15, 0.2) is 11.5 Å². The summed E-state index contributed by atoms with van der Waals surface area (Å²) in [6.45, 7) is -0.268. The standard InChI is InChI=1S/C18H18ClF3N2O4/c1-26-14-7-11(8-15(27-2)17(14)28-3)24-16(25)9-23-10-4-5-13(19)12(6-10)18(20,21)22/h4-8,23H,9H2,1-3H3,(H,24,25).